The lowest BCUT2D eigenvalue weighted by Gasteiger charge is -2.35. The zero-order valence-electron chi connectivity index (χ0n) is 18.9. The fourth-order valence-corrected chi connectivity index (χ4v) is 5.37. The Balaban J connectivity index is 1.45. The van der Waals surface area contributed by atoms with Gasteiger partial charge in [0.15, 0.2) is 0 Å². The quantitative estimate of drug-likeness (QED) is 0.588. The predicted octanol–water partition coefficient (Wildman–Crippen LogP) is 4.51. The molecule has 7 heteroatoms. The number of benzene rings is 2. The summed E-state index contributed by atoms with van der Waals surface area (Å²) in [5, 5.41) is 3.47. The van der Waals surface area contributed by atoms with Crippen LogP contribution in [-0.4, -0.2) is 35.7 Å². The topological polar surface area (TPSA) is 54.5 Å². The van der Waals surface area contributed by atoms with E-state index in [1.54, 1.807) is 16.7 Å². The van der Waals surface area contributed by atoms with E-state index in [-0.39, 0.29) is 11.2 Å². The highest BCUT2D eigenvalue weighted by Crippen LogP contribution is 2.40. The van der Waals surface area contributed by atoms with E-state index in [2.05, 4.69) is 27.2 Å². The first-order chi connectivity index (χ1) is 16.6. The molecule has 2 aliphatic heterocycles. The van der Waals surface area contributed by atoms with Crippen molar-refractivity contribution in [2.45, 2.75) is 25.2 Å². The van der Waals surface area contributed by atoms with Crippen molar-refractivity contribution in [1.29, 1.82) is 0 Å². The van der Waals surface area contributed by atoms with Crippen LogP contribution in [0, 0.1) is 24.2 Å². The van der Waals surface area contributed by atoms with Crippen LogP contribution in [-0.2, 0) is 0 Å². The largest absolute Gasteiger partial charge is 0.356 e. The summed E-state index contributed by atoms with van der Waals surface area (Å²) < 4.78 is 16.1. The van der Waals surface area contributed by atoms with Gasteiger partial charge in [-0.1, -0.05) is 24.3 Å². The summed E-state index contributed by atoms with van der Waals surface area (Å²) in [6, 6.07) is 14.1. The minimum atomic E-state index is -0.611. The molecule has 0 spiro atoms. The van der Waals surface area contributed by atoms with Gasteiger partial charge in [-0.05, 0) is 73.9 Å². The second-order valence-electron chi connectivity index (χ2n) is 9.67. The van der Waals surface area contributed by atoms with Gasteiger partial charge >= 0.3 is 0 Å². The van der Waals surface area contributed by atoms with E-state index >= 15 is 0 Å². The Kier molecular flexibility index (Phi) is 5.19. The second kappa shape index (κ2) is 8.37. The van der Waals surface area contributed by atoms with Crippen molar-refractivity contribution < 1.29 is 4.39 Å². The number of nitrogens with one attached hydrogen (secondary N) is 1. The Labute approximate surface area is 197 Å². The third kappa shape index (κ3) is 3.78. The number of halogens is 1. The molecule has 172 valence electrons. The summed E-state index contributed by atoms with van der Waals surface area (Å²) in [6.07, 6.45) is 3.48. The normalized spacial score (nSPS) is 21.8. The molecule has 6 rings (SSSR count). The second-order valence-corrected chi connectivity index (χ2v) is 9.67. The van der Waals surface area contributed by atoms with Gasteiger partial charge in [0.05, 0.1) is 12.3 Å². The molecular weight excluding hydrogens is 429 g/mol. The van der Waals surface area contributed by atoms with E-state index < -0.39 is 5.82 Å². The summed E-state index contributed by atoms with van der Waals surface area (Å²) >= 11 is 0. The molecular formula is C27H26FN5O. The van der Waals surface area contributed by atoms with E-state index in [0.717, 1.165) is 32.6 Å². The fraction of sp³-hybridized carbons (Fsp3) is 0.370. The smallest absolute Gasteiger partial charge is 0.260 e. The van der Waals surface area contributed by atoms with Crippen molar-refractivity contribution in [3.05, 3.63) is 81.7 Å². The number of anilines is 1. The number of rotatable bonds is 4. The van der Waals surface area contributed by atoms with Gasteiger partial charge < -0.3 is 10.2 Å². The summed E-state index contributed by atoms with van der Waals surface area (Å²) in [7, 11) is 0. The summed E-state index contributed by atoms with van der Waals surface area (Å²) in [5.74, 6) is 2.26. The van der Waals surface area contributed by atoms with Crippen LogP contribution >= 0.6 is 0 Å². The molecule has 2 aromatic carbocycles. The molecule has 2 atom stereocenters. The van der Waals surface area contributed by atoms with Crippen molar-refractivity contribution in [2.24, 2.45) is 11.8 Å². The van der Waals surface area contributed by atoms with Crippen LogP contribution in [0.5, 0.6) is 0 Å². The van der Waals surface area contributed by atoms with E-state index in [9.17, 15) is 9.18 Å². The average molecular weight is 456 g/mol. The van der Waals surface area contributed by atoms with Crippen LogP contribution in [0.1, 0.15) is 30.7 Å². The standard InChI is InChI=1S/C27H26FN5O/c1-29-24-9-6-19(12-23(24)28)27-31-25(32-11-10-20-14-30-15-21(20)16-32)13-26(34)33(27)22-7-4-18(5-8-22)17-2-3-17/h4-9,12-13,17,20-21,30H,2-3,10-11,14-16H2. The first-order valence-corrected chi connectivity index (χ1v) is 12.0. The highest BCUT2D eigenvalue weighted by Gasteiger charge is 2.33. The maximum atomic E-state index is 14.6. The van der Waals surface area contributed by atoms with Gasteiger partial charge in [0.1, 0.15) is 17.5 Å². The molecule has 6 nitrogen and oxygen atoms in total. The number of hydrogen-bond donors (Lipinski definition) is 1. The molecule has 3 aromatic rings. The zero-order chi connectivity index (χ0) is 23.2. The first kappa shape index (κ1) is 21.1. The summed E-state index contributed by atoms with van der Waals surface area (Å²) in [5.41, 5.74) is 2.23. The van der Waals surface area contributed by atoms with E-state index in [1.807, 2.05) is 12.1 Å². The molecule has 3 fully saturated rings. The molecule has 0 amide bonds. The highest BCUT2D eigenvalue weighted by molar-refractivity contribution is 5.65. The highest BCUT2D eigenvalue weighted by atomic mass is 19.1. The molecule has 1 aliphatic carbocycles. The van der Waals surface area contributed by atoms with Crippen molar-refractivity contribution in [3.8, 4) is 17.1 Å². The molecule has 0 radical (unpaired) electrons. The lowest BCUT2D eigenvalue weighted by atomic mass is 9.89. The minimum Gasteiger partial charge on any atom is -0.356 e. The first-order valence-electron chi connectivity index (χ1n) is 12.0. The monoisotopic (exact) mass is 455 g/mol. The summed E-state index contributed by atoms with van der Waals surface area (Å²) in [4.78, 5) is 23.8. The van der Waals surface area contributed by atoms with Gasteiger partial charge in [-0.25, -0.2) is 14.2 Å². The lowest BCUT2D eigenvalue weighted by molar-refractivity contribution is 0.347. The molecule has 3 aliphatic rings. The van der Waals surface area contributed by atoms with Crippen molar-refractivity contribution >= 4 is 11.5 Å². The SMILES string of the molecule is [C-]#[N+]c1ccc(-c2nc(N3CCC4CNCC4C3)cc(=O)n2-c2ccc(C3CC3)cc2)cc1F. The molecule has 1 saturated carbocycles. The van der Waals surface area contributed by atoms with Crippen LogP contribution in [0.4, 0.5) is 15.9 Å². The number of aromatic nitrogens is 2. The fourth-order valence-electron chi connectivity index (χ4n) is 5.37. The lowest BCUT2D eigenvalue weighted by Crippen LogP contribution is -2.41. The predicted molar refractivity (Wildman–Crippen MR) is 130 cm³/mol. The van der Waals surface area contributed by atoms with Crippen LogP contribution < -0.4 is 15.8 Å². The number of nitrogens with zero attached hydrogens (tertiary/aromatic N) is 4. The van der Waals surface area contributed by atoms with Crippen molar-refractivity contribution in [2.75, 3.05) is 31.1 Å². The van der Waals surface area contributed by atoms with Crippen molar-refractivity contribution in [3.63, 3.8) is 0 Å². The number of hydrogen-bond acceptors (Lipinski definition) is 4. The average Bonchev–Trinajstić information content (AvgIpc) is 3.60. The zero-order valence-corrected chi connectivity index (χ0v) is 18.9. The van der Waals surface area contributed by atoms with Crippen molar-refractivity contribution in [1.82, 2.24) is 14.9 Å². The molecule has 1 aromatic heterocycles. The van der Waals surface area contributed by atoms with Gasteiger partial charge in [-0.15, -0.1) is 0 Å². The Morgan fingerprint density at radius 3 is 2.56 bits per heavy atom. The third-order valence-corrected chi connectivity index (χ3v) is 7.46. The van der Waals surface area contributed by atoms with Gasteiger partial charge in [-0.3, -0.25) is 9.36 Å². The van der Waals surface area contributed by atoms with Crippen LogP contribution in [0.3, 0.4) is 0 Å². The molecule has 2 saturated heterocycles. The summed E-state index contributed by atoms with van der Waals surface area (Å²) in [6.45, 7) is 10.9. The van der Waals surface area contributed by atoms with E-state index in [4.69, 9.17) is 11.6 Å². The minimum absolute atomic E-state index is 0.0432. The van der Waals surface area contributed by atoms with Gasteiger partial charge in [0.25, 0.3) is 5.56 Å². The molecule has 2 unspecified atom stereocenters. The Hall–Kier alpha value is -3.50. The Bertz CT molecular complexity index is 1340. The number of piperidine rings is 1. The van der Waals surface area contributed by atoms with E-state index in [1.165, 1.54) is 30.5 Å². The third-order valence-electron chi connectivity index (χ3n) is 7.46. The molecule has 1 N–H and O–H groups in total. The van der Waals surface area contributed by atoms with E-state index in [0.29, 0.717) is 40.6 Å². The number of fused-ring (bicyclic) bond motifs is 1. The van der Waals surface area contributed by atoms with Crippen LogP contribution in [0.25, 0.3) is 21.9 Å². The van der Waals surface area contributed by atoms with Gasteiger partial charge in [-0.2, -0.15) is 0 Å². The van der Waals surface area contributed by atoms with Gasteiger partial charge in [0, 0.05) is 24.7 Å². The molecule has 34 heavy (non-hydrogen) atoms. The Morgan fingerprint density at radius 1 is 1.03 bits per heavy atom. The molecule has 0 bridgehead atoms. The Morgan fingerprint density at radius 2 is 1.82 bits per heavy atom. The van der Waals surface area contributed by atoms with Crippen LogP contribution in [0.2, 0.25) is 0 Å². The molecule has 3 heterocycles. The van der Waals surface area contributed by atoms with Crippen LogP contribution in [0.15, 0.2) is 53.3 Å². The maximum absolute atomic E-state index is 14.6. The van der Waals surface area contributed by atoms with Gasteiger partial charge in [0.2, 0.25) is 5.69 Å². The maximum Gasteiger partial charge on any atom is 0.260 e.